The minimum atomic E-state index is -0.322. The average molecular weight is 270 g/mol. The number of para-hydroxylation sites is 1. The van der Waals surface area contributed by atoms with Gasteiger partial charge in [-0.05, 0) is 6.07 Å². The fourth-order valence-corrected chi connectivity index (χ4v) is 2.24. The Labute approximate surface area is 116 Å². The fourth-order valence-electron chi connectivity index (χ4n) is 2.24. The number of rotatable bonds is 2. The predicted octanol–water partition coefficient (Wildman–Crippen LogP) is 1.31. The lowest BCUT2D eigenvalue weighted by atomic mass is 10.0. The molecule has 3 N–H and O–H groups in total. The van der Waals surface area contributed by atoms with E-state index < -0.39 is 0 Å². The number of nitrogens with two attached hydrogens (primary N) is 1. The molecule has 0 bridgehead atoms. The molecule has 0 saturated carbocycles. The number of nitrogen functional groups attached to an aromatic ring is 1. The third-order valence-electron chi connectivity index (χ3n) is 3.21. The van der Waals surface area contributed by atoms with Gasteiger partial charge in [0.1, 0.15) is 5.75 Å². The maximum Gasteiger partial charge on any atom is 0.274 e. The molecule has 0 fully saturated rings. The van der Waals surface area contributed by atoms with Crippen molar-refractivity contribution in [3.8, 4) is 5.75 Å². The molecular formula is C14H14N4O2. The molecule has 1 aromatic heterocycles. The van der Waals surface area contributed by atoms with E-state index in [1.165, 1.54) is 12.4 Å². The second kappa shape index (κ2) is 5.16. The van der Waals surface area contributed by atoms with Gasteiger partial charge in [-0.25, -0.2) is 9.97 Å². The molecule has 2 aromatic rings. The summed E-state index contributed by atoms with van der Waals surface area (Å²) in [4.78, 5) is 20.0. The SMILES string of the molecule is Nc1nccnc1C(=O)N[C@H]1CCOc2ccccc21. The molecule has 0 unspecified atom stereocenters. The smallest absolute Gasteiger partial charge is 0.274 e. The van der Waals surface area contributed by atoms with Crippen molar-refractivity contribution < 1.29 is 9.53 Å². The molecule has 1 amide bonds. The van der Waals surface area contributed by atoms with Crippen LogP contribution in [0.1, 0.15) is 28.5 Å². The Balaban J connectivity index is 1.83. The van der Waals surface area contributed by atoms with Crippen molar-refractivity contribution in [2.24, 2.45) is 0 Å². The summed E-state index contributed by atoms with van der Waals surface area (Å²) in [6.07, 6.45) is 3.61. The first-order chi connectivity index (χ1) is 9.75. The van der Waals surface area contributed by atoms with Crippen molar-refractivity contribution >= 4 is 11.7 Å². The number of carbonyl (C=O) groups excluding carboxylic acids is 1. The summed E-state index contributed by atoms with van der Waals surface area (Å²) in [6, 6.07) is 7.56. The first-order valence-corrected chi connectivity index (χ1v) is 6.35. The lowest BCUT2D eigenvalue weighted by Crippen LogP contribution is -2.33. The van der Waals surface area contributed by atoms with E-state index in [0.717, 1.165) is 11.3 Å². The van der Waals surface area contributed by atoms with Gasteiger partial charge in [-0.1, -0.05) is 18.2 Å². The number of ether oxygens (including phenoxy) is 1. The molecule has 2 heterocycles. The zero-order valence-corrected chi connectivity index (χ0v) is 10.7. The summed E-state index contributed by atoms with van der Waals surface area (Å²) in [6.45, 7) is 0.567. The highest BCUT2D eigenvalue weighted by molar-refractivity contribution is 5.96. The molecule has 0 spiro atoms. The number of nitrogens with one attached hydrogen (secondary N) is 1. The zero-order chi connectivity index (χ0) is 13.9. The van der Waals surface area contributed by atoms with Gasteiger partial charge in [-0.15, -0.1) is 0 Å². The maximum absolute atomic E-state index is 12.2. The Morgan fingerprint density at radius 3 is 2.95 bits per heavy atom. The summed E-state index contributed by atoms with van der Waals surface area (Å²) < 4.78 is 5.56. The molecule has 102 valence electrons. The van der Waals surface area contributed by atoms with Gasteiger partial charge in [0, 0.05) is 24.4 Å². The molecule has 0 aliphatic carbocycles. The van der Waals surface area contributed by atoms with Gasteiger partial charge in [-0.3, -0.25) is 4.79 Å². The predicted molar refractivity (Wildman–Crippen MR) is 73.2 cm³/mol. The van der Waals surface area contributed by atoms with Gasteiger partial charge in [0.25, 0.3) is 5.91 Å². The third kappa shape index (κ3) is 2.27. The van der Waals surface area contributed by atoms with Crippen LogP contribution in [-0.4, -0.2) is 22.5 Å². The number of carbonyl (C=O) groups is 1. The Kier molecular flexibility index (Phi) is 3.20. The fraction of sp³-hybridized carbons (Fsp3) is 0.214. The largest absolute Gasteiger partial charge is 0.493 e. The first-order valence-electron chi connectivity index (χ1n) is 6.35. The van der Waals surface area contributed by atoms with Gasteiger partial charge in [-0.2, -0.15) is 0 Å². The van der Waals surface area contributed by atoms with Crippen molar-refractivity contribution in [2.75, 3.05) is 12.3 Å². The zero-order valence-electron chi connectivity index (χ0n) is 10.7. The van der Waals surface area contributed by atoms with Crippen molar-refractivity contribution in [1.82, 2.24) is 15.3 Å². The van der Waals surface area contributed by atoms with Crippen LogP contribution in [0.5, 0.6) is 5.75 Å². The number of fused-ring (bicyclic) bond motifs is 1. The van der Waals surface area contributed by atoms with E-state index in [4.69, 9.17) is 10.5 Å². The molecule has 1 aromatic carbocycles. The van der Waals surface area contributed by atoms with Crippen LogP contribution in [0.3, 0.4) is 0 Å². The number of hydrogen-bond donors (Lipinski definition) is 2. The summed E-state index contributed by atoms with van der Waals surface area (Å²) in [5, 5.41) is 2.93. The lowest BCUT2D eigenvalue weighted by molar-refractivity contribution is 0.0920. The monoisotopic (exact) mass is 270 g/mol. The van der Waals surface area contributed by atoms with Crippen LogP contribution in [0.2, 0.25) is 0 Å². The number of amides is 1. The quantitative estimate of drug-likeness (QED) is 0.858. The molecular weight excluding hydrogens is 256 g/mol. The van der Waals surface area contributed by atoms with Crippen LogP contribution in [0.25, 0.3) is 0 Å². The summed E-state index contributed by atoms with van der Waals surface area (Å²) in [5.41, 5.74) is 6.78. The molecule has 6 heteroatoms. The molecule has 0 radical (unpaired) electrons. The normalized spacial score (nSPS) is 16.9. The van der Waals surface area contributed by atoms with Crippen LogP contribution >= 0.6 is 0 Å². The molecule has 20 heavy (non-hydrogen) atoms. The van der Waals surface area contributed by atoms with Crippen LogP contribution in [-0.2, 0) is 0 Å². The van der Waals surface area contributed by atoms with Crippen LogP contribution in [0, 0.1) is 0 Å². The van der Waals surface area contributed by atoms with Crippen molar-refractivity contribution in [3.63, 3.8) is 0 Å². The summed E-state index contributed by atoms with van der Waals surface area (Å²) in [5.74, 6) is 0.610. The van der Waals surface area contributed by atoms with Gasteiger partial charge < -0.3 is 15.8 Å². The number of anilines is 1. The third-order valence-corrected chi connectivity index (χ3v) is 3.21. The number of aromatic nitrogens is 2. The summed E-state index contributed by atoms with van der Waals surface area (Å²) >= 11 is 0. The standard InChI is InChI=1S/C14H14N4O2/c15-13-12(16-6-7-17-13)14(19)18-10-5-8-20-11-4-2-1-3-9(10)11/h1-4,6-7,10H,5,8H2,(H2,15,17)(H,18,19)/t10-/m0/s1. The molecule has 1 atom stereocenters. The molecule has 3 rings (SSSR count). The lowest BCUT2D eigenvalue weighted by Gasteiger charge is -2.26. The van der Waals surface area contributed by atoms with Crippen LogP contribution in [0.4, 0.5) is 5.82 Å². The van der Waals surface area contributed by atoms with E-state index in [2.05, 4.69) is 15.3 Å². The van der Waals surface area contributed by atoms with Gasteiger partial charge in [0.15, 0.2) is 11.5 Å². The Bertz CT molecular complexity index is 645. The number of hydrogen-bond acceptors (Lipinski definition) is 5. The summed E-state index contributed by atoms with van der Waals surface area (Å²) in [7, 11) is 0. The van der Waals surface area contributed by atoms with E-state index in [1.807, 2.05) is 24.3 Å². The maximum atomic E-state index is 12.2. The van der Waals surface area contributed by atoms with Crippen molar-refractivity contribution in [2.45, 2.75) is 12.5 Å². The van der Waals surface area contributed by atoms with E-state index in [1.54, 1.807) is 0 Å². The minimum Gasteiger partial charge on any atom is -0.493 e. The van der Waals surface area contributed by atoms with Gasteiger partial charge >= 0.3 is 0 Å². The molecule has 1 aliphatic heterocycles. The molecule has 6 nitrogen and oxygen atoms in total. The van der Waals surface area contributed by atoms with Gasteiger partial charge in [0.2, 0.25) is 0 Å². The van der Waals surface area contributed by atoms with E-state index in [0.29, 0.717) is 13.0 Å². The highest BCUT2D eigenvalue weighted by Gasteiger charge is 2.24. The van der Waals surface area contributed by atoms with Crippen molar-refractivity contribution in [1.29, 1.82) is 0 Å². The Hall–Kier alpha value is -2.63. The minimum absolute atomic E-state index is 0.103. The van der Waals surface area contributed by atoms with Crippen LogP contribution < -0.4 is 15.8 Å². The molecule has 0 saturated heterocycles. The van der Waals surface area contributed by atoms with E-state index >= 15 is 0 Å². The number of benzene rings is 1. The molecule has 1 aliphatic rings. The highest BCUT2D eigenvalue weighted by Crippen LogP contribution is 2.31. The first kappa shape index (κ1) is 12.4. The van der Waals surface area contributed by atoms with Gasteiger partial charge in [0.05, 0.1) is 12.6 Å². The Morgan fingerprint density at radius 1 is 1.30 bits per heavy atom. The Morgan fingerprint density at radius 2 is 2.10 bits per heavy atom. The van der Waals surface area contributed by atoms with E-state index in [-0.39, 0.29) is 23.5 Å². The second-order valence-electron chi connectivity index (χ2n) is 4.49. The topological polar surface area (TPSA) is 90.1 Å². The second-order valence-corrected chi connectivity index (χ2v) is 4.49. The van der Waals surface area contributed by atoms with E-state index in [9.17, 15) is 4.79 Å². The number of nitrogens with zero attached hydrogens (tertiary/aromatic N) is 2. The van der Waals surface area contributed by atoms with Crippen LogP contribution in [0.15, 0.2) is 36.7 Å². The highest BCUT2D eigenvalue weighted by atomic mass is 16.5. The average Bonchev–Trinajstić information content (AvgIpc) is 2.48. The van der Waals surface area contributed by atoms with Crippen molar-refractivity contribution in [3.05, 3.63) is 47.9 Å².